The summed E-state index contributed by atoms with van der Waals surface area (Å²) in [6.45, 7) is 1.96. The van der Waals surface area contributed by atoms with Crippen LogP contribution in [0.1, 0.15) is 15.9 Å². The number of hydrogen-bond acceptors (Lipinski definition) is 5. The summed E-state index contributed by atoms with van der Waals surface area (Å²) in [7, 11) is 1.75. The lowest BCUT2D eigenvalue weighted by atomic mass is 10.1. The zero-order chi connectivity index (χ0) is 21.0. The molecule has 0 aliphatic carbocycles. The van der Waals surface area contributed by atoms with Crippen molar-refractivity contribution in [1.82, 2.24) is 14.7 Å². The van der Waals surface area contributed by atoms with Crippen molar-refractivity contribution in [3.8, 4) is 0 Å². The number of anilines is 1. The lowest BCUT2D eigenvalue weighted by Gasteiger charge is -2.36. The van der Waals surface area contributed by atoms with Crippen molar-refractivity contribution in [3.05, 3.63) is 69.8 Å². The van der Waals surface area contributed by atoms with Gasteiger partial charge in [-0.1, -0.05) is 36.4 Å². The Morgan fingerprint density at radius 2 is 1.66 bits per heavy atom. The van der Waals surface area contributed by atoms with Crippen molar-refractivity contribution in [3.63, 3.8) is 0 Å². The van der Waals surface area contributed by atoms with E-state index in [-0.39, 0.29) is 28.9 Å². The molecule has 1 heterocycles. The number of para-hydroxylation sites is 1. The van der Waals surface area contributed by atoms with E-state index in [0.717, 1.165) is 5.56 Å². The quantitative estimate of drug-likeness (QED) is 0.483. The van der Waals surface area contributed by atoms with Crippen LogP contribution in [0.25, 0.3) is 0 Å². The van der Waals surface area contributed by atoms with Crippen LogP contribution in [0, 0.1) is 10.1 Å². The Hall–Kier alpha value is -3.62. The molecule has 2 aromatic carbocycles. The average Bonchev–Trinajstić information content (AvgIpc) is 2.73. The Kier molecular flexibility index (Phi) is 5.96. The predicted molar refractivity (Wildman–Crippen MR) is 108 cm³/mol. The van der Waals surface area contributed by atoms with Gasteiger partial charge < -0.3 is 20.4 Å². The highest BCUT2D eigenvalue weighted by Crippen LogP contribution is 2.26. The van der Waals surface area contributed by atoms with Gasteiger partial charge in [-0.05, 0) is 11.6 Å². The minimum absolute atomic E-state index is 0.101. The minimum atomic E-state index is -0.606. The molecule has 1 saturated heterocycles. The Morgan fingerprint density at radius 3 is 2.28 bits per heavy atom. The first-order valence-corrected chi connectivity index (χ1v) is 9.24. The molecule has 2 aromatic rings. The third kappa shape index (κ3) is 4.45. The maximum atomic E-state index is 12.8. The molecule has 0 aromatic heterocycles. The van der Waals surface area contributed by atoms with E-state index in [9.17, 15) is 19.7 Å². The topological polar surface area (TPSA) is 113 Å². The van der Waals surface area contributed by atoms with E-state index in [0.29, 0.717) is 32.7 Å². The Bertz CT molecular complexity index is 910. The van der Waals surface area contributed by atoms with Gasteiger partial charge in [0, 0.05) is 45.8 Å². The van der Waals surface area contributed by atoms with Crippen LogP contribution in [0.3, 0.4) is 0 Å². The third-order valence-corrected chi connectivity index (χ3v) is 4.94. The summed E-state index contributed by atoms with van der Waals surface area (Å²) in [6.07, 6.45) is 0. The van der Waals surface area contributed by atoms with Gasteiger partial charge in [-0.15, -0.1) is 0 Å². The van der Waals surface area contributed by atoms with Gasteiger partial charge in [0.25, 0.3) is 11.6 Å². The fourth-order valence-electron chi connectivity index (χ4n) is 3.34. The molecule has 9 nitrogen and oxygen atoms in total. The number of hydrogen-bond donors (Lipinski definition) is 1. The van der Waals surface area contributed by atoms with E-state index in [4.69, 9.17) is 5.73 Å². The predicted octanol–water partition coefficient (Wildman–Crippen LogP) is 2.19. The molecular formula is C20H23N5O4. The number of carbonyl (C=O) groups is 2. The van der Waals surface area contributed by atoms with E-state index in [2.05, 4.69) is 0 Å². The Labute approximate surface area is 168 Å². The molecule has 2 N–H and O–H groups in total. The van der Waals surface area contributed by atoms with Crippen LogP contribution < -0.4 is 5.73 Å². The van der Waals surface area contributed by atoms with Crippen LogP contribution in [0.5, 0.6) is 0 Å². The van der Waals surface area contributed by atoms with Gasteiger partial charge in [-0.25, -0.2) is 4.79 Å². The summed E-state index contributed by atoms with van der Waals surface area (Å²) in [4.78, 5) is 40.8. The van der Waals surface area contributed by atoms with E-state index in [1.54, 1.807) is 21.7 Å². The number of carbonyl (C=O) groups excluding carboxylic acids is 2. The molecule has 0 spiro atoms. The molecule has 3 rings (SSSR count). The van der Waals surface area contributed by atoms with Crippen LogP contribution in [-0.2, 0) is 6.54 Å². The number of nitro groups is 1. The van der Waals surface area contributed by atoms with E-state index >= 15 is 0 Å². The second kappa shape index (κ2) is 8.59. The van der Waals surface area contributed by atoms with E-state index < -0.39 is 4.92 Å². The summed E-state index contributed by atoms with van der Waals surface area (Å²) in [5.74, 6) is -0.365. The largest absolute Gasteiger partial charge is 0.393 e. The summed E-state index contributed by atoms with van der Waals surface area (Å²) < 4.78 is 0. The third-order valence-electron chi connectivity index (χ3n) is 4.94. The van der Waals surface area contributed by atoms with Gasteiger partial charge in [0.2, 0.25) is 0 Å². The number of urea groups is 1. The number of nitrogens with zero attached hydrogens (tertiary/aromatic N) is 4. The fraction of sp³-hybridized carbons (Fsp3) is 0.300. The first-order valence-electron chi connectivity index (χ1n) is 9.24. The Morgan fingerprint density at radius 1 is 1.03 bits per heavy atom. The van der Waals surface area contributed by atoms with Crippen LogP contribution in [-0.4, -0.2) is 64.8 Å². The summed E-state index contributed by atoms with van der Waals surface area (Å²) in [6, 6.07) is 13.8. The highest BCUT2D eigenvalue weighted by molar-refractivity contribution is 6.01. The first kappa shape index (κ1) is 20.1. The van der Waals surface area contributed by atoms with Crippen molar-refractivity contribution in [1.29, 1.82) is 0 Å². The fourth-order valence-corrected chi connectivity index (χ4v) is 3.34. The summed E-state index contributed by atoms with van der Waals surface area (Å²) in [5.41, 5.74) is 6.55. The van der Waals surface area contributed by atoms with Crippen molar-refractivity contribution in [2.75, 3.05) is 39.0 Å². The molecule has 0 saturated carbocycles. The highest BCUT2D eigenvalue weighted by Gasteiger charge is 2.28. The van der Waals surface area contributed by atoms with Gasteiger partial charge in [0.15, 0.2) is 0 Å². The average molecular weight is 397 g/mol. The lowest BCUT2D eigenvalue weighted by Crippen LogP contribution is -2.53. The van der Waals surface area contributed by atoms with Crippen molar-refractivity contribution in [2.24, 2.45) is 0 Å². The molecular weight excluding hydrogens is 374 g/mol. The molecule has 1 fully saturated rings. The lowest BCUT2D eigenvalue weighted by molar-refractivity contribution is -0.383. The molecule has 3 amide bonds. The summed E-state index contributed by atoms with van der Waals surface area (Å²) in [5, 5.41) is 11.0. The maximum absolute atomic E-state index is 12.8. The monoisotopic (exact) mass is 397 g/mol. The number of piperazine rings is 1. The number of nitrogen functional groups attached to an aromatic ring is 1. The number of amides is 3. The smallest absolute Gasteiger partial charge is 0.320 e. The number of nitro benzene ring substituents is 1. The van der Waals surface area contributed by atoms with Crippen LogP contribution in [0.2, 0.25) is 0 Å². The normalized spacial score (nSPS) is 13.8. The molecule has 1 aliphatic heterocycles. The second-order valence-corrected chi connectivity index (χ2v) is 6.90. The molecule has 0 unspecified atom stereocenters. The van der Waals surface area contributed by atoms with Crippen molar-refractivity contribution < 1.29 is 14.5 Å². The molecule has 152 valence electrons. The number of nitrogens with two attached hydrogens (primary N) is 1. The van der Waals surface area contributed by atoms with Crippen LogP contribution in [0.15, 0.2) is 48.5 Å². The molecule has 0 atom stereocenters. The minimum Gasteiger partial charge on any atom is -0.393 e. The zero-order valence-corrected chi connectivity index (χ0v) is 16.2. The second-order valence-electron chi connectivity index (χ2n) is 6.90. The van der Waals surface area contributed by atoms with Gasteiger partial charge in [0.05, 0.1) is 10.5 Å². The van der Waals surface area contributed by atoms with Gasteiger partial charge in [-0.2, -0.15) is 0 Å². The van der Waals surface area contributed by atoms with Gasteiger partial charge in [-0.3, -0.25) is 14.9 Å². The molecule has 1 aliphatic rings. The van der Waals surface area contributed by atoms with Crippen molar-refractivity contribution >= 4 is 23.3 Å². The maximum Gasteiger partial charge on any atom is 0.320 e. The van der Waals surface area contributed by atoms with E-state index in [1.165, 1.54) is 18.2 Å². The first-order chi connectivity index (χ1) is 13.9. The van der Waals surface area contributed by atoms with Gasteiger partial charge >= 0.3 is 6.03 Å². The summed E-state index contributed by atoms with van der Waals surface area (Å²) >= 11 is 0. The van der Waals surface area contributed by atoms with E-state index in [1.807, 2.05) is 30.3 Å². The van der Waals surface area contributed by atoms with Crippen LogP contribution in [0.4, 0.5) is 16.2 Å². The van der Waals surface area contributed by atoms with Crippen molar-refractivity contribution in [2.45, 2.75) is 6.54 Å². The molecule has 9 heteroatoms. The number of benzene rings is 2. The zero-order valence-electron chi connectivity index (χ0n) is 16.2. The Balaban J connectivity index is 1.60. The SMILES string of the molecule is CN(Cc1ccccc1)C(=O)N1CCN(C(=O)c2cccc([N+](=O)[O-])c2N)CC1. The number of rotatable bonds is 4. The molecule has 0 bridgehead atoms. The molecule has 0 radical (unpaired) electrons. The standard InChI is InChI=1S/C20H23N5O4/c1-22(14-15-6-3-2-4-7-15)20(27)24-12-10-23(11-13-24)19(26)16-8-5-9-17(18(16)21)25(28)29/h2-9H,10-14,21H2,1H3. The van der Waals surface area contributed by atoms with Crippen LogP contribution >= 0.6 is 0 Å². The highest BCUT2D eigenvalue weighted by atomic mass is 16.6. The molecule has 29 heavy (non-hydrogen) atoms. The van der Waals surface area contributed by atoms with Gasteiger partial charge in [0.1, 0.15) is 5.69 Å².